The number of aryl methyl sites for hydroxylation is 2. The molecule has 1 aromatic heterocycles. The zero-order valence-electron chi connectivity index (χ0n) is 12.2. The van der Waals surface area contributed by atoms with Gasteiger partial charge < -0.3 is 5.11 Å². The van der Waals surface area contributed by atoms with E-state index in [0.717, 1.165) is 42.1 Å². The summed E-state index contributed by atoms with van der Waals surface area (Å²) in [6, 6.07) is 0. The Hall–Kier alpha value is -0.540. The summed E-state index contributed by atoms with van der Waals surface area (Å²) in [5.41, 5.74) is 2.01. The van der Waals surface area contributed by atoms with Crippen LogP contribution >= 0.6 is 11.6 Å². The van der Waals surface area contributed by atoms with E-state index in [0.29, 0.717) is 6.42 Å². The molecule has 0 bridgehead atoms. The molecule has 1 fully saturated rings. The molecule has 1 aromatic rings. The van der Waals surface area contributed by atoms with Crippen molar-refractivity contribution in [1.29, 1.82) is 0 Å². The average molecular weight is 285 g/mol. The van der Waals surface area contributed by atoms with Gasteiger partial charge in [0.25, 0.3) is 0 Å². The molecule has 1 heterocycles. The van der Waals surface area contributed by atoms with Crippen molar-refractivity contribution < 1.29 is 5.11 Å². The van der Waals surface area contributed by atoms with Gasteiger partial charge in [-0.2, -0.15) is 5.10 Å². The van der Waals surface area contributed by atoms with E-state index in [4.69, 9.17) is 11.6 Å². The maximum Gasteiger partial charge on any atom is 0.0850 e. The largest absolute Gasteiger partial charge is 0.392 e. The quantitative estimate of drug-likeness (QED) is 0.898. The first-order chi connectivity index (χ1) is 9.04. The third kappa shape index (κ3) is 2.68. The SMILES string of the molecule is CCc1nn(C)c(CC(O)C2(CC)CCCC2)c1Cl. The van der Waals surface area contributed by atoms with E-state index < -0.39 is 0 Å². The minimum Gasteiger partial charge on any atom is -0.392 e. The number of hydrogen-bond acceptors (Lipinski definition) is 2. The highest BCUT2D eigenvalue weighted by molar-refractivity contribution is 6.31. The fourth-order valence-electron chi connectivity index (χ4n) is 3.44. The molecule has 0 spiro atoms. The molecular weight excluding hydrogens is 260 g/mol. The molecule has 1 aliphatic rings. The van der Waals surface area contributed by atoms with Gasteiger partial charge in [-0.15, -0.1) is 0 Å². The Labute approximate surface area is 121 Å². The highest BCUT2D eigenvalue weighted by atomic mass is 35.5. The summed E-state index contributed by atoms with van der Waals surface area (Å²) in [5, 5.41) is 15.9. The van der Waals surface area contributed by atoms with Gasteiger partial charge in [-0.05, 0) is 31.1 Å². The first-order valence-electron chi connectivity index (χ1n) is 7.42. The second-order valence-electron chi connectivity index (χ2n) is 5.83. The van der Waals surface area contributed by atoms with E-state index in [-0.39, 0.29) is 11.5 Å². The Morgan fingerprint density at radius 2 is 2.00 bits per heavy atom. The zero-order valence-corrected chi connectivity index (χ0v) is 13.0. The van der Waals surface area contributed by atoms with E-state index in [1.807, 2.05) is 11.7 Å². The molecule has 1 unspecified atom stereocenters. The molecule has 0 aliphatic heterocycles. The van der Waals surface area contributed by atoms with Crippen molar-refractivity contribution >= 4 is 11.6 Å². The second kappa shape index (κ2) is 5.84. The van der Waals surface area contributed by atoms with Gasteiger partial charge in [-0.1, -0.05) is 38.3 Å². The van der Waals surface area contributed by atoms with Crippen LogP contribution in [0.2, 0.25) is 5.02 Å². The molecule has 19 heavy (non-hydrogen) atoms. The van der Waals surface area contributed by atoms with Crippen LogP contribution in [0.4, 0.5) is 0 Å². The lowest BCUT2D eigenvalue weighted by atomic mass is 9.76. The zero-order chi connectivity index (χ0) is 14.0. The van der Waals surface area contributed by atoms with Gasteiger partial charge in [0.1, 0.15) is 0 Å². The molecule has 0 aromatic carbocycles. The summed E-state index contributed by atoms with van der Waals surface area (Å²) in [4.78, 5) is 0. The summed E-state index contributed by atoms with van der Waals surface area (Å²) in [7, 11) is 1.92. The number of aliphatic hydroxyl groups is 1. The van der Waals surface area contributed by atoms with Crippen molar-refractivity contribution in [3.8, 4) is 0 Å². The first-order valence-corrected chi connectivity index (χ1v) is 7.80. The Kier molecular flexibility index (Phi) is 4.57. The van der Waals surface area contributed by atoms with Crippen LogP contribution in [0.15, 0.2) is 0 Å². The molecule has 108 valence electrons. The molecule has 1 N–H and O–H groups in total. The van der Waals surface area contributed by atoms with Crippen LogP contribution in [0.3, 0.4) is 0 Å². The molecule has 0 amide bonds. The van der Waals surface area contributed by atoms with Crippen LogP contribution in [0.1, 0.15) is 57.3 Å². The number of rotatable bonds is 5. The van der Waals surface area contributed by atoms with Gasteiger partial charge >= 0.3 is 0 Å². The van der Waals surface area contributed by atoms with Crippen molar-refractivity contribution in [1.82, 2.24) is 9.78 Å². The summed E-state index contributed by atoms with van der Waals surface area (Å²) in [6.45, 7) is 4.25. The summed E-state index contributed by atoms with van der Waals surface area (Å²) in [6.07, 6.45) is 6.95. The number of halogens is 1. The maximum atomic E-state index is 10.7. The van der Waals surface area contributed by atoms with Gasteiger partial charge in [-0.3, -0.25) is 4.68 Å². The third-order valence-electron chi connectivity index (χ3n) is 4.90. The lowest BCUT2D eigenvalue weighted by molar-refractivity contribution is 0.0244. The van der Waals surface area contributed by atoms with Crippen LogP contribution in [0.5, 0.6) is 0 Å². The Balaban J connectivity index is 2.18. The number of nitrogens with zero attached hydrogens (tertiary/aromatic N) is 2. The van der Waals surface area contributed by atoms with E-state index >= 15 is 0 Å². The van der Waals surface area contributed by atoms with Crippen molar-refractivity contribution in [3.05, 3.63) is 16.4 Å². The first kappa shape index (κ1) is 14.9. The topological polar surface area (TPSA) is 38.0 Å². The van der Waals surface area contributed by atoms with Crippen LogP contribution in [0.25, 0.3) is 0 Å². The molecule has 1 atom stereocenters. The minimum atomic E-state index is -0.308. The molecule has 1 aliphatic carbocycles. The van der Waals surface area contributed by atoms with E-state index in [2.05, 4.69) is 18.9 Å². The monoisotopic (exact) mass is 284 g/mol. The number of hydrogen-bond donors (Lipinski definition) is 1. The molecule has 4 heteroatoms. The highest BCUT2D eigenvalue weighted by Crippen LogP contribution is 2.45. The fourth-order valence-corrected chi connectivity index (χ4v) is 3.81. The highest BCUT2D eigenvalue weighted by Gasteiger charge is 2.39. The smallest absolute Gasteiger partial charge is 0.0850 e. The van der Waals surface area contributed by atoms with Gasteiger partial charge in [0, 0.05) is 13.5 Å². The molecule has 0 radical (unpaired) electrons. The Morgan fingerprint density at radius 1 is 1.37 bits per heavy atom. The normalized spacial score (nSPS) is 19.8. The van der Waals surface area contributed by atoms with Gasteiger partial charge in [-0.25, -0.2) is 0 Å². The Bertz CT molecular complexity index is 436. The number of aromatic nitrogens is 2. The predicted molar refractivity (Wildman–Crippen MR) is 78.5 cm³/mol. The van der Waals surface area contributed by atoms with E-state index in [9.17, 15) is 5.11 Å². The average Bonchev–Trinajstić information content (AvgIpc) is 2.99. The molecule has 0 saturated heterocycles. The lowest BCUT2D eigenvalue weighted by Gasteiger charge is -2.33. The summed E-state index contributed by atoms with van der Waals surface area (Å²) in [5.74, 6) is 0. The van der Waals surface area contributed by atoms with Crippen molar-refractivity contribution in [3.63, 3.8) is 0 Å². The molecular formula is C15H25ClN2O. The predicted octanol–water partition coefficient (Wildman–Crippen LogP) is 3.51. The van der Waals surface area contributed by atoms with Crippen LogP contribution in [0, 0.1) is 5.41 Å². The molecule has 2 rings (SSSR count). The summed E-state index contributed by atoms with van der Waals surface area (Å²) < 4.78 is 1.84. The minimum absolute atomic E-state index is 0.0972. The second-order valence-corrected chi connectivity index (χ2v) is 6.21. The van der Waals surface area contributed by atoms with Crippen molar-refractivity contribution in [2.75, 3.05) is 0 Å². The van der Waals surface area contributed by atoms with Crippen LogP contribution < -0.4 is 0 Å². The van der Waals surface area contributed by atoms with E-state index in [1.54, 1.807) is 0 Å². The van der Waals surface area contributed by atoms with Crippen molar-refractivity contribution in [2.45, 2.75) is 64.9 Å². The van der Waals surface area contributed by atoms with Crippen molar-refractivity contribution in [2.24, 2.45) is 12.5 Å². The lowest BCUT2D eigenvalue weighted by Crippen LogP contribution is -2.34. The van der Waals surface area contributed by atoms with E-state index in [1.165, 1.54) is 12.8 Å². The van der Waals surface area contributed by atoms with Crippen LogP contribution in [-0.2, 0) is 19.9 Å². The summed E-state index contributed by atoms with van der Waals surface area (Å²) >= 11 is 6.37. The standard InChI is InChI=1S/C15H25ClN2O/c1-4-11-14(16)12(18(3)17-11)10-13(19)15(5-2)8-6-7-9-15/h13,19H,4-10H2,1-3H3. The fraction of sp³-hybridized carbons (Fsp3) is 0.800. The van der Waals surface area contributed by atoms with Gasteiger partial charge in [0.05, 0.1) is 22.5 Å². The maximum absolute atomic E-state index is 10.7. The molecule has 3 nitrogen and oxygen atoms in total. The third-order valence-corrected chi connectivity index (χ3v) is 5.34. The van der Waals surface area contributed by atoms with Gasteiger partial charge in [0.15, 0.2) is 0 Å². The Morgan fingerprint density at radius 3 is 2.47 bits per heavy atom. The number of aliphatic hydroxyl groups excluding tert-OH is 1. The van der Waals surface area contributed by atoms with Crippen LogP contribution in [-0.4, -0.2) is 21.0 Å². The van der Waals surface area contributed by atoms with Gasteiger partial charge in [0.2, 0.25) is 0 Å². The molecule has 1 saturated carbocycles.